The molecular formula is C11H17N5O3. The lowest BCUT2D eigenvalue weighted by Gasteiger charge is -2.38. The molecule has 1 aromatic heterocycles. The maximum atomic E-state index is 11.6. The predicted molar refractivity (Wildman–Crippen MR) is 67.3 cm³/mol. The Hall–Kier alpha value is -1.93. The molecule has 0 spiro atoms. The first kappa shape index (κ1) is 13.5. The average molecular weight is 267 g/mol. The van der Waals surface area contributed by atoms with E-state index in [2.05, 4.69) is 15.7 Å². The standard InChI is InChI=1S/C11H17N5O3/c1-11(6-13-7-11)19-5-10(18)15-8-2-14-16(3-8)4-9(12)17/h2-3,13H,4-7H2,1H3,(H2,12,17)(H,15,18). The van der Waals surface area contributed by atoms with Gasteiger partial charge in [0.25, 0.3) is 0 Å². The first-order valence-electron chi connectivity index (χ1n) is 5.92. The van der Waals surface area contributed by atoms with E-state index in [0.29, 0.717) is 5.69 Å². The van der Waals surface area contributed by atoms with Crippen molar-refractivity contribution in [3.05, 3.63) is 12.4 Å². The number of hydrogen-bond acceptors (Lipinski definition) is 5. The van der Waals surface area contributed by atoms with Crippen molar-refractivity contribution in [3.8, 4) is 0 Å². The van der Waals surface area contributed by atoms with E-state index in [1.54, 1.807) is 0 Å². The monoisotopic (exact) mass is 267 g/mol. The van der Waals surface area contributed by atoms with E-state index in [0.717, 1.165) is 13.1 Å². The molecule has 0 saturated carbocycles. The molecule has 1 aliphatic rings. The molecule has 1 aliphatic heterocycles. The van der Waals surface area contributed by atoms with Gasteiger partial charge in [-0.05, 0) is 6.92 Å². The predicted octanol–water partition coefficient (Wildman–Crippen LogP) is -1.31. The highest BCUT2D eigenvalue weighted by Gasteiger charge is 2.32. The van der Waals surface area contributed by atoms with Crippen LogP contribution in [0.5, 0.6) is 0 Å². The molecule has 1 aromatic rings. The van der Waals surface area contributed by atoms with Crippen molar-refractivity contribution < 1.29 is 14.3 Å². The minimum absolute atomic E-state index is 0.0147. The summed E-state index contributed by atoms with van der Waals surface area (Å²) in [6, 6.07) is 0. The quantitative estimate of drug-likeness (QED) is 0.592. The van der Waals surface area contributed by atoms with Crippen molar-refractivity contribution in [2.75, 3.05) is 25.0 Å². The molecule has 0 bridgehead atoms. The van der Waals surface area contributed by atoms with Gasteiger partial charge in [0, 0.05) is 19.3 Å². The Morgan fingerprint density at radius 2 is 2.37 bits per heavy atom. The zero-order valence-corrected chi connectivity index (χ0v) is 10.7. The summed E-state index contributed by atoms with van der Waals surface area (Å²) >= 11 is 0. The molecule has 104 valence electrons. The third-order valence-corrected chi connectivity index (χ3v) is 2.78. The van der Waals surface area contributed by atoms with Crippen LogP contribution in [-0.4, -0.2) is 46.9 Å². The molecule has 0 aromatic carbocycles. The molecule has 1 fully saturated rings. The Bertz CT molecular complexity index is 480. The minimum Gasteiger partial charge on any atom is -0.368 e. The fourth-order valence-electron chi connectivity index (χ4n) is 1.69. The number of carbonyl (C=O) groups excluding carboxylic acids is 2. The molecule has 2 amide bonds. The Kier molecular flexibility index (Phi) is 3.82. The van der Waals surface area contributed by atoms with Gasteiger partial charge in [-0.25, -0.2) is 0 Å². The van der Waals surface area contributed by atoms with Gasteiger partial charge >= 0.3 is 0 Å². The van der Waals surface area contributed by atoms with E-state index in [-0.39, 0.29) is 24.7 Å². The number of hydrogen-bond donors (Lipinski definition) is 3. The summed E-state index contributed by atoms with van der Waals surface area (Å²) in [7, 11) is 0. The normalized spacial score (nSPS) is 16.7. The number of ether oxygens (including phenoxy) is 1. The highest BCUT2D eigenvalue weighted by Crippen LogP contribution is 2.15. The summed E-state index contributed by atoms with van der Waals surface area (Å²) in [5.41, 5.74) is 5.29. The van der Waals surface area contributed by atoms with Crippen molar-refractivity contribution in [1.82, 2.24) is 15.1 Å². The first-order chi connectivity index (χ1) is 8.97. The third-order valence-electron chi connectivity index (χ3n) is 2.78. The number of amides is 2. The van der Waals surface area contributed by atoms with Gasteiger partial charge < -0.3 is 21.1 Å². The molecule has 4 N–H and O–H groups in total. The van der Waals surface area contributed by atoms with Crippen molar-refractivity contribution in [1.29, 1.82) is 0 Å². The zero-order chi connectivity index (χ0) is 13.9. The minimum atomic E-state index is -0.491. The lowest BCUT2D eigenvalue weighted by molar-refractivity contribution is -0.130. The van der Waals surface area contributed by atoms with E-state index in [4.69, 9.17) is 10.5 Å². The van der Waals surface area contributed by atoms with E-state index >= 15 is 0 Å². The summed E-state index contributed by atoms with van der Waals surface area (Å²) in [5, 5.41) is 9.62. The molecule has 2 heterocycles. The molecule has 0 unspecified atom stereocenters. The molecular weight excluding hydrogens is 250 g/mol. The number of nitrogens with two attached hydrogens (primary N) is 1. The SMILES string of the molecule is CC1(OCC(=O)Nc2cnn(CC(N)=O)c2)CNC1. The zero-order valence-electron chi connectivity index (χ0n) is 10.7. The molecule has 8 nitrogen and oxygen atoms in total. The fourth-order valence-corrected chi connectivity index (χ4v) is 1.69. The van der Waals surface area contributed by atoms with Crippen molar-refractivity contribution in [2.24, 2.45) is 5.73 Å². The Labute approximate surface area is 110 Å². The number of nitrogens with one attached hydrogen (secondary N) is 2. The first-order valence-corrected chi connectivity index (χ1v) is 5.92. The molecule has 0 aliphatic carbocycles. The molecule has 8 heteroatoms. The van der Waals surface area contributed by atoms with Crippen LogP contribution < -0.4 is 16.4 Å². The van der Waals surface area contributed by atoms with Crippen LogP contribution in [0.1, 0.15) is 6.92 Å². The van der Waals surface area contributed by atoms with E-state index in [1.165, 1.54) is 17.1 Å². The lowest BCUT2D eigenvalue weighted by atomic mass is 10.0. The summed E-state index contributed by atoms with van der Waals surface area (Å²) < 4.78 is 6.85. The van der Waals surface area contributed by atoms with E-state index < -0.39 is 5.91 Å². The molecule has 2 rings (SSSR count). The highest BCUT2D eigenvalue weighted by molar-refractivity contribution is 5.91. The summed E-state index contributed by atoms with van der Waals surface area (Å²) in [6.07, 6.45) is 2.99. The van der Waals surface area contributed by atoms with Crippen molar-refractivity contribution >= 4 is 17.5 Å². The Morgan fingerprint density at radius 3 is 2.95 bits per heavy atom. The second kappa shape index (κ2) is 5.37. The van der Waals surface area contributed by atoms with Crippen LogP contribution in [0.15, 0.2) is 12.4 Å². The lowest BCUT2D eigenvalue weighted by Crippen LogP contribution is -2.59. The van der Waals surface area contributed by atoms with Gasteiger partial charge in [-0.3, -0.25) is 14.3 Å². The third kappa shape index (κ3) is 3.76. The number of rotatable bonds is 6. The van der Waals surface area contributed by atoms with E-state index in [1.807, 2.05) is 6.92 Å². The van der Waals surface area contributed by atoms with Gasteiger partial charge in [0.1, 0.15) is 13.2 Å². The molecule has 1 saturated heterocycles. The highest BCUT2D eigenvalue weighted by atomic mass is 16.5. The number of nitrogens with zero attached hydrogens (tertiary/aromatic N) is 2. The van der Waals surface area contributed by atoms with Gasteiger partial charge in [0.05, 0.1) is 17.5 Å². The van der Waals surface area contributed by atoms with Crippen LogP contribution >= 0.6 is 0 Å². The largest absolute Gasteiger partial charge is 0.368 e. The van der Waals surface area contributed by atoms with E-state index in [9.17, 15) is 9.59 Å². The molecule has 0 atom stereocenters. The second-order valence-corrected chi connectivity index (χ2v) is 4.78. The number of carbonyl (C=O) groups is 2. The maximum Gasteiger partial charge on any atom is 0.250 e. The van der Waals surface area contributed by atoms with Crippen LogP contribution in [0.4, 0.5) is 5.69 Å². The summed E-state index contributed by atoms with van der Waals surface area (Å²) in [4.78, 5) is 22.3. The number of primary amides is 1. The Balaban J connectivity index is 1.78. The van der Waals surface area contributed by atoms with Crippen LogP contribution in [0.3, 0.4) is 0 Å². The van der Waals surface area contributed by atoms with Crippen LogP contribution in [0, 0.1) is 0 Å². The average Bonchev–Trinajstić information content (AvgIpc) is 2.70. The van der Waals surface area contributed by atoms with Gasteiger partial charge in [-0.1, -0.05) is 0 Å². The van der Waals surface area contributed by atoms with Crippen LogP contribution in [0.25, 0.3) is 0 Å². The number of aromatic nitrogens is 2. The second-order valence-electron chi connectivity index (χ2n) is 4.78. The van der Waals surface area contributed by atoms with Crippen molar-refractivity contribution in [3.63, 3.8) is 0 Å². The molecule has 19 heavy (non-hydrogen) atoms. The summed E-state index contributed by atoms with van der Waals surface area (Å²) in [5.74, 6) is -0.749. The van der Waals surface area contributed by atoms with Crippen LogP contribution in [0.2, 0.25) is 0 Å². The van der Waals surface area contributed by atoms with Gasteiger partial charge in [-0.2, -0.15) is 5.10 Å². The fraction of sp³-hybridized carbons (Fsp3) is 0.545. The van der Waals surface area contributed by atoms with Gasteiger partial charge in [0.15, 0.2) is 0 Å². The van der Waals surface area contributed by atoms with Gasteiger partial charge in [0.2, 0.25) is 11.8 Å². The maximum absolute atomic E-state index is 11.6. The molecule has 0 radical (unpaired) electrons. The number of anilines is 1. The summed E-state index contributed by atoms with van der Waals surface area (Å²) in [6.45, 7) is 3.41. The Morgan fingerprint density at radius 1 is 1.63 bits per heavy atom. The smallest absolute Gasteiger partial charge is 0.250 e. The topological polar surface area (TPSA) is 111 Å². The van der Waals surface area contributed by atoms with Crippen LogP contribution in [-0.2, 0) is 20.9 Å². The van der Waals surface area contributed by atoms with Gasteiger partial charge in [-0.15, -0.1) is 0 Å². The van der Waals surface area contributed by atoms with Crippen molar-refractivity contribution in [2.45, 2.75) is 19.1 Å².